The van der Waals surface area contributed by atoms with Gasteiger partial charge >= 0.3 is 0 Å². The van der Waals surface area contributed by atoms with Crippen LogP contribution >= 0.6 is 0 Å². The van der Waals surface area contributed by atoms with Crippen molar-refractivity contribution in [2.45, 2.75) is 85.1 Å². The Morgan fingerprint density at radius 2 is 1.38 bits per heavy atom. The van der Waals surface area contributed by atoms with Gasteiger partial charge in [-0.15, -0.1) is 0 Å². The number of carbonyl (C=O) groups is 2. The lowest BCUT2D eigenvalue weighted by atomic mass is 9.85. The van der Waals surface area contributed by atoms with Gasteiger partial charge in [-0.1, -0.05) is 93.7 Å². The molecule has 230 valence electrons. The molecule has 42 heavy (non-hydrogen) atoms. The molecule has 6 heteroatoms. The SMILES string of the molecule is CCC=CCC=CCC=CCC=CCC=CCC=CCCC(=O)NC(C)C(C)(C)CNCCNC(=O)c1cccnc1. The first-order chi connectivity index (χ1) is 20.4. The molecule has 0 bridgehead atoms. The molecular weight excluding hydrogens is 520 g/mol. The van der Waals surface area contributed by atoms with E-state index >= 15 is 0 Å². The van der Waals surface area contributed by atoms with E-state index < -0.39 is 0 Å². The highest BCUT2D eigenvalue weighted by Crippen LogP contribution is 2.19. The van der Waals surface area contributed by atoms with Crippen LogP contribution in [0.3, 0.4) is 0 Å². The third-order valence-electron chi connectivity index (χ3n) is 6.78. The van der Waals surface area contributed by atoms with E-state index in [4.69, 9.17) is 0 Å². The summed E-state index contributed by atoms with van der Waals surface area (Å²) < 4.78 is 0. The molecule has 0 aliphatic rings. The summed E-state index contributed by atoms with van der Waals surface area (Å²) in [5.41, 5.74) is 0.426. The van der Waals surface area contributed by atoms with Crippen molar-refractivity contribution < 1.29 is 9.59 Å². The van der Waals surface area contributed by atoms with Crippen molar-refractivity contribution in [2.24, 2.45) is 5.41 Å². The summed E-state index contributed by atoms with van der Waals surface area (Å²) in [6.45, 7) is 10.4. The third kappa shape index (κ3) is 19.5. The minimum atomic E-state index is -0.128. The molecule has 0 spiro atoms. The molecule has 0 aliphatic carbocycles. The first-order valence-corrected chi connectivity index (χ1v) is 15.4. The van der Waals surface area contributed by atoms with Crippen molar-refractivity contribution in [1.82, 2.24) is 20.9 Å². The number of hydrogen-bond acceptors (Lipinski definition) is 4. The van der Waals surface area contributed by atoms with Crippen LogP contribution in [0, 0.1) is 5.41 Å². The first-order valence-electron chi connectivity index (χ1n) is 15.4. The fourth-order valence-corrected chi connectivity index (χ4v) is 3.79. The van der Waals surface area contributed by atoms with E-state index in [1.54, 1.807) is 24.5 Å². The predicted octanol–water partition coefficient (Wildman–Crippen LogP) is 7.41. The lowest BCUT2D eigenvalue weighted by Gasteiger charge is -2.32. The van der Waals surface area contributed by atoms with Crippen LogP contribution in [0.1, 0.15) is 89.4 Å². The summed E-state index contributed by atoms with van der Waals surface area (Å²) in [5.74, 6) is -0.0597. The van der Waals surface area contributed by atoms with Crippen LogP contribution in [-0.2, 0) is 4.79 Å². The first kappa shape index (κ1) is 36.5. The molecular formula is C36H54N4O2. The Morgan fingerprint density at radius 1 is 0.833 bits per heavy atom. The Labute approximate surface area is 255 Å². The Hall–Kier alpha value is -3.51. The van der Waals surface area contributed by atoms with Crippen LogP contribution in [-0.4, -0.2) is 42.5 Å². The van der Waals surface area contributed by atoms with E-state index in [1.807, 2.05) is 6.92 Å². The van der Waals surface area contributed by atoms with Crippen molar-refractivity contribution in [2.75, 3.05) is 19.6 Å². The lowest BCUT2D eigenvalue weighted by molar-refractivity contribution is -0.122. The van der Waals surface area contributed by atoms with Crippen molar-refractivity contribution >= 4 is 11.8 Å². The third-order valence-corrected chi connectivity index (χ3v) is 6.78. The topological polar surface area (TPSA) is 83.1 Å². The Kier molecular flexibility index (Phi) is 21.0. The second kappa shape index (κ2) is 24.1. The zero-order valence-electron chi connectivity index (χ0n) is 26.4. The second-order valence-electron chi connectivity index (χ2n) is 10.9. The number of allylic oxidation sites excluding steroid dienone is 12. The van der Waals surface area contributed by atoms with E-state index in [-0.39, 0.29) is 23.3 Å². The molecule has 1 aromatic rings. The van der Waals surface area contributed by atoms with Gasteiger partial charge in [0.2, 0.25) is 5.91 Å². The number of rotatable bonds is 22. The number of amides is 2. The molecule has 0 saturated heterocycles. The predicted molar refractivity (Wildman–Crippen MR) is 178 cm³/mol. The summed E-state index contributed by atoms with van der Waals surface area (Å²) in [6, 6.07) is 3.51. The summed E-state index contributed by atoms with van der Waals surface area (Å²) in [7, 11) is 0. The van der Waals surface area contributed by atoms with Gasteiger partial charge in [-0.05, 0) is 69.4 Å². The molecule has 3 N–H and O–H groups in total. The minimum absolute atomic E-state index is 0.0211. The van der Waals surface area contributed by atoms with Crippen LogP contribution in [0.15, 0.2) is 97.4 Å². The fourth-order valence-electron chi connectivity index (χ4n) is 3.79. The molecule has 1 unspecified atom stereocenters. The van der Waals surface area contributed by atoms with Crippen LogP contribution in [0.5, 0.6) is 0 Å². The molecule has 0 aliphatic heterocycles. The Bertz CT molecular complexity index is 1040. The number of nitrogens with one attached hydrogen (secondary N) is 3. The lowest BCUT2D eigenvalue weighted by Crippen LogP contribution is -2.48. The molecule has 6 nitrogen and oxygen atoms in total. The summed E-state index contributed by atoms with van der Waals surface area (Å²) in [5, 5.41) is 9.40. The van der Waals surface area contributed by atoms with Gasteiger partial charge in [0.1, 0.15) is 0 Å². The van der Waals surface area contributed by atoms with Crippen LogP contribution < -0.4 is 16.0 Å². The Balaban J connectivity index is 2.09. The average Bonchev–Trinajstić information content (AvgIpc) is 2.98. The van der Waals surface area contributed by atoms with E-state index in [9.17, 15) is 9.59 Å². The average molecular weight is 575 g/mol. The highest BCUT2D eigenvalue weighted by atomic mass is 16.2. The maximum Gasteiger partial charge on any atom is 0.252 e. The van der Waals surface area contributed by atoms with Crippen molar-refractivity contribution in [3.63, 3.8) is 0 Å². The zero-order valence-corrected chi connectivity index (χ0v) is 26.4. The largest absolute Gasteiger partial charge is 0.353 e. The van der Waals surface area contributed by atoms with Crippen LogP contribution in [0.2, 0.25) is 0 Å². The monoisotopic (exact) mass is 574 g/mol. The van der Waals surface area contributed by atoms with Gasteiger partial charge in [0.15, 0.2) is 0 Å². The molecule has 1 aromatic heterocycles. The summed E-state index contributed by atoms with van der Waals surface area (Å²) >= 11 is 0. The normalized spacial score (nSPS) is 13.4. The summed E-state index contributed by atoms with van der Waals surface area (Å²) in [6.07, 6.45) is 36.5. The van der Waals surface area contributed by atoms with Gasteiger partial charge in [0, 0.05) is 44.5 Å². The van der Waals surface area contributed by atoms with E-state index in [0.29, 0.717) is 25.1 Å². The zero-order chi connectivity index (χ0) is 30.7. The van der Waals surface area contributed by atoms with Crippen LogP contribution in [0.25, 0.3) is 0 Å². The minimum Gasteiger partial charge on any atom is -0.353 e. The quantitative estimate of drug-likeness (QED) is 0.0995. The standard InChI is InChI=1S/C36H54N4O2/c1-5-6-7-8-9-10-11-12-13-14-15-16-17-18-19-20-21-22-23-26-34(41)40-32(2)36(3,4)31-38-28-29-39-35(42)33-25-24-27-37-30-33/h6-7,9-10,12-13,15-16,18-19,21-22,24-25,27,30,32,38H,5,8,11,14,17,20,23,26,28-29,31H2,1-4H3,(H,39,42)(H,40,41). The molecule has 1 atom stereocenters. The second-order valence-corrected chi connectivity index (χ2v) is 10.9. The smallest absolute Gasteiger partial charge is 0.252 e. The molecule has 0 radical (unpaired) electrons. The number of nitrogens with zero attached hydrogens (tertiary/aromatic N) is 1. The Morgan fingerprint density at radius 3 is 1.90 bits per heavy atom. The number of pyridine rings is 1. The van der Waals surface area contributed by atoms with Gasteiger partial charge in [-0.25, -0.2) is 0 Å². The summed E-state index contributed by atoms with van der Waals surface area (Å²) in [4.78, 5) is 28.4. The van der Waals surface area contributed by atoms with Gasteiger partial charge < -0.3 is 16.0 Å². The van der Waals surface area contributed by atoms with E-state index in [2.05, 4.69) is 115 Å². The highest BCUT2D eigenvalue weighted by Gasteiger charge is 2.26. The van der Waals surface area contributed by atoms with Crippen molar-refractivity contribution in [3.05, 3.63) is 103 Å². The molecule has 1 rings (SSSR count). The molecule has 0 saturated carbocycles. The van der Waals surface area contributed by atoms with Gasteiger partial charge in [0.25, 0.3) is 5.91 Å². The van der Waals surface area contributed by atoms with Crippen molar-refractivity contribution in [3.8, 4) is 0 Å². The molecule has 0 fully saturated rings. The van der Waals surface area contributed by atoms with Gasteiger partial charge in [0.05, 0.1) is 5.56 Å². The van der Waals surface area contributed by atoms with Gasteiger partial charge in [-0.2, -0.15) is 0 Å². The van der Waals surface area contributed by atoms with E-state index in [1.165, 1.54) is 0 Å². The number of aromatic nitrogens is 1. The van der Waals surface area contributed by atoms with Crippen molar-refractivity contribution in [1.29, 1.82) is 0 Å². The fraction of sp³-hybridized carbons (Fsp3) is 0.472. The molecule has 1 heterocycles. The highest BCUT2D eigenvalue weighted by molar-refractivity contribution is 5.93. The number of carbonyl (C=O) groups excluding carboxylic acids is 2. The van der Waals surface area contributed by atoms with Crippen LogP contribution in [0.4, 0.5) is 0 Å². The van der Waals surface area contributed by atoms with Gasteiger partial charge in [-0.3, -0.25) is 14.6 Å². The molecule has 2 amide bonds. The number of hydrogen-bond donors (Lipinski definition) is 3. The maximum atomic E-state index is 12.4. The maximum absolute atomic E-state index is 12.4. The molecule has 0 aromatic carbocycles. The van der Waals surface area contributed by atoms with E-state index in [0.717, 1.165) is 51.5 Å².